The van der Waals surface area contributed by atoms with Gasteiger partial charge in [-0.3, -0.25) is 18.5 Å². The molecule has 0 radical (unpaired) electrons. The van der Waals surface area contributed by atoms with Gasteiger partial charge in [0.05, 0.1) is 17.5 Å². The van der Waals surface area contributed by atoms with E-state index in [1.807, 2.05) is 31.2 Å². The van der Waals surface area contributed by atoms with Gasteiger partial charge in [0.2, 0.25) is 10.0 Å². The predicted octanol–water partition coefficient (Wildman–Crippen LogP) is 5.12. The maximum Gasteiger partial charge on any atom is 0.255 e. The van der Waals surface area contributed by atoms with Crippen LogP contribution in [0, 0.1) is 12.7 Å². The maximum atomic E-state index is 13.6. The number of anilines is 1. The van der Waals surface area contributed by atoms with Crippen molar-refractivity contribution in [1.29, 1.82) is 0 Å². The highest BCUT2D eigenvalue weighted by atomic mass is 32.2. The molecule has 0 saturated heterocycles. The summed E-state index contributed by atoms with van der Waals surface area (Å²) in [6, 6.07) is 19.2. The van der Waals surface area contributed by atoms with Crippen molar-refractivity contribution in [3.63, 3.8) is 0 Å². The van der Waals surface area contributed by atoms with Gasteiger partial charge in [-0.05, 0) is 55.5 Å². The number of amides is 1. The van der Waals surface area contributed by atoms with Crippen LogP contribution in [0.3, 0.4) is 0 Å². The zero-order valence-electron chi connectivity index (χ0n) is 22.2. The largest absolute Gasteiger partial charge is 0.455 e. The van der Waals surface area contributed by atoms with Gasteiger partial charge in [0.15, 0.2) is 0 Å². The molecule has 0 unspecified atom stereocenters. The van der Waals surface area contributed by atoms with Crippen molar-refractivity contribution in [1.82, 2.24) is 9.88 Å². The number of hydrogen-bond acceptors (Lipinski definition) is 5. The maximum absolute atomic E-state index is 13.6. The van der Waals surface area contributed by atoms with E-state index in [9.17, 15) is 22.4 Å². The van der Waals surface area contributed by atoms with Gasteiger partial charge in [0, 0.05) is 60.2 Å². The van der Waals surface area contributed by atoms with Crippen LogP contribution in [0.5, 0.6) is 0 Å². The van der Waals surface area contributed by atoms with Gasteiger partial charge in [-0.1, -0.05) is 17.7 Å². The molecule has 0 atom stereocenters. The van der Waals surface area contributed by atoms with E-state index in [0.29, 0.717) is 27.8 Å². The van der Waals surface area contributed by atoms with Crippen LogP contribution in [0.4, 0.5) is 10.1 Å². The number of aromatic nitrogens is 1. The second-order valence-electron chi connectivity index (χ2n) is 9.45. The van der Waals surface area contributed by atoms with Crippen molar-refractivity contribution in [2.45, 2.75) is 6.92 Å². The molecule has 3 aromatic carbocycles. The smallest absolute Gasteiger partial charge is 0.255 e. The van der Waals surface area contributed by atoms with Crippen LogP contribution in [-0.2, 0) is 10.0 Å². The number of halogens is 1. The first-order valence-corrected chi connectivity index (χ1v) is 14.2. The highest BCUT2D eigenvalue weighted by Crippen LogP contribution is 2.41. The van der Waals surface area contributed by atoms with E-state index in [-0.39, 0.29) is 28.2 Å². The quantitative estimate of drug-likeness (QED) is 0.311. The standard InChI is InChI=1S/C30H26FN3O5S/c1-18-5-12-22(13-6-18)34-17-20(9-14-27(34)35)23-15-24-26(16-25(23)33(3)40(4,37)38)39-29(28(24)30(36)32-2)19-7-10-21(31)11-8-19/h5-17H,1-4H3,(H,32,36). The Morgan fingerprint density at radius 1 is 0.975 bits per heavy atom. The zero-order valence-corrected chi connectivity index (χ0v) is 23.0. The molecule has 2 aromatic heterocycles. The summed E-state index contributed by atoms with van der Waals surface area (Å²) in [5.74, 6) is -0.661. The van der Waals surface area contributed by atoms with Crippen LogP contribution in [0.25, 0.3) is 39.1 Å². The van der Waals surface area contributed by atoms with E-state index >= 15 is 0 Å². The third-order valence-corrected chi connectivity index (χ3v) is 7.93. The van der Waals surface area contributed by atoms with Gasteiger partial charge >= 0.3 is 0 Å². The van der Waals surface area contributed by atoms with Crippen molar-refractivity contribution in [2.24, 2.45) is 0 Å². The fourth-order valence-corrected chi connectivity index (χ4v) is 5.02. The van der Waals surface area contributed by atoms with Gasteiger partial charge < -0.3 is 9.73 Å². The molecule has 8 nitrogen and oxygen atoms in total. The van der Waals surface area contributed by atoms with Crippen LogP contribution < -0.4 is 15.2 Å². The summed E-state index contributed by atoms with van der Waals surface area (Å²) in [7, 11) is -0.807. The first-order chi connectivity index (χ1) is 19.0. The summed E-state index contributed by atoms with van der Waals surface area (Å²) < 4.78 is 47.6. The highest BCUT2D eigenvalue weighted by molar-refractivity contribution is 7.92. The molecule has 1 amide bonds. The number of carbonyl (C=O) groups is 1. The lowest BCUT2D eigenvalue weighted by atomic mass is 9.99. The van der Waals surface area contributed by atoms with Crippen LogP contribution >= 0.6 is 0 Å². The lowest BCUT2D eigenvalue weighted by molar-refractivity contribution is 0.0964. The summed E-state index contributed by atoms with van der Waals surface area (Å²) in [4.78, 5) is 25.9. The summed E-state index contributed by atoms with van der Waals surface area (Å²) in [5.41, 5.74) is 3.65. The summed E-state index contributed by atoms with van der Waals surface area (Å²) in [5, 5.41) is 3.04. The molecule has 0 bridgehead atoms. The molecule has 5 rings (SSSR count). The highest BCUT2D eigenvalue weighted by Gasteiger charge is 2.26. The number of fused-ring (bicyclic) bond motifs is 1. The van der Waals surface area contributed by atoms with E-state index in [1.54, 1.807) is 24.4 Å². The molecule has 0 spiro atoms. The minimum Gasteiger partial charge on any atom is -0.455 e. The van der Waals surface area contributed by atoms with Gasteiger partial charge in [0.25, 0.3) is 11.5 Å². The molecular formula is C30H26FN3O5S. The minimum atomic E-state index is -3.71. The molecule has 0 aliphatic heterocycles. The number of aryl methyl sites for hydroxylation is 1. The van der Waals surface area contributed by atoms with Crippen LogP contribution in [0.2, 0.25) is 0 Å². The summed E-state index contributed by atoms with van der Waals surface area (Å²) in [6.45, 7) is 1.95. The Bertz CT molecular complexity index is 1930. The number of pyridine rings is 1. The average molecular weight is 560 g/mol. The Hall–Kier alpha value is -4.70. The molecule has 0 aliphatic rings. The first-order valence-electron chi connectivity index (χ1n) is 12.3. The van der Waals surface area contributed by atoms with Crippen molar-refractivity contribution in [3.8, 4) is 28.1 Å². The molecular weight excluding hydrogens is 533 g/mol. The number of hydrogen-bond donors (Lipinski definition) is 1. The molecule has 40 heavy (non-hydrogen) atoms. The lowest BCUT2D eigenvalue weighted by Gasteiger charge is -2.21. The average Bonchev–Trinajstić information content (AvgIpc) is 3.30. The van der Waals surface area contributed by atoms with Gasteiger partial charge in [-0.25, -0.2) is 12.8 Å². The van der Waals surface area contributed by atoms with Crippen molar-refractivity contribution < 1.29 is 22.0 Å². The number of nitrogens with one attached hydrogen (secondary N) is 1. The Morgan fingerprint density at radius 3 is 2.25 bits per heavy atom. The Labute approximate surface area is 230 Å². The molecule has 0 saturated carbocycles. The Balaban J connectivity index is 1.82. The number of rotatable bonds is 6. The van der Waals surface area contributed by atoms with E-state index in [4.69, 9.17) is 4.42 Å². The predicted molar refractivity (Wildman–Crippen MR) is 154 cm³/mol. The van der Waals surface area contributed by atoms with Gasteiger partial charge in [-0.15, -0.1) is 0 Å². The van der Waals surface area contributed by atoms with Gasteiger partial charge in [0.1, 0.15) is 17.2 Å². The molecule has 0 fully saturated rings. The number of nitrogens with zero attached hydrogens (tertiary/aromatic N) is 2. The molecule has 204 valence electrons. The molecule has 2 heterocycles. The van der Waals surface area contributed by atoms with E-state index in [0.717, 1.165) is 16.1 Å². The zero-order chi connectivity index (χ0) is 28.8. The Kier molecular flexibility index (Phi) is 6.80. The fraction of sp³-hybridized carbons (Fsp3) is 0.133. The van der Waals surface area contributed by atoms with E-state index in [1.165, 1.54) is 49.0 Å². The summed E-state index contributed by atoms with van der Waals surface area (Å²) in [6.07, 6.45) is 2.71. The lowest BCUT2D eigenvalue weighted by Crippen LogP contribution is -2.25. The Morgan fingerprint density at radius 2 is 1.62 bits per heavy atom. The third-order valence-electron chi connectivity index (χ3n) is 6.74. The SMILES string of the molecule is CNC(=O)c1c(-c2ccc(F)cc2)oc2cc(N(C)S(C)(=O)=O)c(-c3ccc(=O)n(-c4ccc(C)cc4)c3)cc12. The summed E-state index contributed by atoms with van der Waals surface area (Å²) >= 11 is 0. The molecule has 10 heteroatoms. The van der Waals surface area contributed by atoms with E-state index < -0.39 is 21.7 Å². The normalized spacial score (nSPS) is 11.5. The van der Waals surface area contributed by atoms with Crippen LogP contribution in [-0.4, -0.2) is 39.2 Å². The fourth-order valence-electron chi connectivity index (χ4n) is 4.51. The number of benzene rings is 3. The monoisotopic (exact) mass is 559 g/mol. The van der Waals surface area contributed by atoms with Crippen molar-refractivity contribution in [3.05, 3.63) is 106 Å². The topological polar surface area (TPSA) is 102 Å². The second kappa shape index (κ2) is 10.1. The second-order valence-corrected chi connectivity index (χ2v) is 11.5. The van der Waals surface area contributed by atoms with Crippen molar-refractivity contribution >= 4 is 32.6 Å². The first kappa shape index (κ1) is 26.9. The van der Waals surface area contributed by atoms with Crippen LogP contribution in [0.1, 0.15) is 15.9 Å². The van der Waals surface area contributed by atoms with Crippen molar-refractivity contribution in [2.75, 3.05) is 24.7 Å². The number of carbonyl (C=O) groups excluding carboxylic acids is 1. The van der Waals surface area contributed by atoms with E-state index in [2.05, 4.69) is 5.32 Å². The molecule has 0 aliphatic carbocycles. The number of furan rings is 1. The van der Waals surface area contributed by atoms with Crippen LogP contribution in [0.15, 0.2) is 88.2 Å². The van der Waals surface area contributed by atoms with Gasteiger partial charge in [-0.2, -0.15) is 0 Å². The molecule has 5 aromatic rings. The molecule has 1 N–H and O–H groups in total. The minimum absolute atomic E-state index is 0.212. The number of sulfonamides is 1. The third kappa shape index (κ3) is 4.89.